The number of imidazole rings is 1. The number of ether oxygens (including phenoxy) is 3. The van der Waals surface area contributed by atoms with Crippen LogP contribution >= 0.6 is 0 Å². The molecule has 0 bridgehead atoms. The number of pyridine rings is 1. The summed E-state index contributed by atoms with van der Waals surface area (Å²) in [6.45, 7) is 0.852. The van der Waals surface area contributed by atoms with Crippen molar-refractivity contribution >= 4 is 28.6 Å². The second-order valence-electron chi connectivity index (χ2n) is 8.09. The Morgan fingerprint density at radius 1 is 1.09 bits per heavy atom. The van der Waals surface area contributed by atoms with Crippen LogP contribution in [-0.2, 0) is 0 Å². The summed E-state index contributed by atoms with van der Waals surface area (Å²) in [6.07, 6.45) is 7.12. The number of aliphatic hydroxyl groups excluding tert-OH is 1. The van der Waals surface area contributed by atoms with Gasteiger partial charge in [0, 0.05) is 24.9 Å². The van der Waals surface area contributed by atoms with E-state index in [-0.39, 0.29) is 12.6 Å². The van der Waals surface area contributed by atoms with Crippen molar-refractivity contribution in [3.8, 4) is 22.9 Å². The molecule has 0 saturated carbocycles. The summed E-state index contributed by atoms with van der Waals surface area (Å²) in [5, 5.41) is 13.9. The van der Waals surface area contributed by atoms with E-state index >= 15 is 0 Å². The number of aromatic nitrogens is 5. The maximum absolute atomic E-state index is 9.77. The Bertz CT molecular complexity index is 1320. The normalized spacial score (nSPS) is 15.4. The molecule has 4 aromatic rings. The average Bonchev–Trinajstić information content (AvgIpc) is 3.57. The first kappa shape index (κ1) is 22.7. The van der Waals surface area contributed by atoms with Gasteiger partial charge in [-0.15, -0.1) is 0 Å². The van der Waals surface area contributed by atoms with Crippen LogP contribution in [0.4, 0.5) is 17.6 Å². The Balaban J connectivity index is 1.50. The molecule has 1 aliphatic heterocycles. The molecule has 0 spiro atoms. The van der Waals surface area contributed by atoms with E-state index in [0.717, 1.165) is 30.5 Å². The number of aliphatic hydroxyl groups is 1. The number of hydrogen-bond donors (Lipinski definition) is 2. The van der Waals surface area contributed by atoms with Gasteiger partial charge in [0.2, 0.25) is 11.7 Å². The SMILES string of the molecule is COc1cc(-n2cnc(Nc3nc(N4CCCC4CO)nc4ncccc34)c2)cc(OC)c1OC. The smallest absolute Gasteiger partial charge is 0.229 e. The fourth-order valence-electron chi connectivity index (χ4n) is 4.33. The topological polar surface area (TPSA) is 120 Å². The Morgan fingerprint density at radius 3 is 2.60 bits per heavy atom. The highest BCUT2D eigenvalue weighted by atomic mass is 16.5. The Kier molecular flexibility index (Phi) is 6.23. The van der Waals surface area contributed by atoms with Gasteiger partial charge in [0.1, 0.15) is 18.0 Å². The van der Waals surface area contributed by atoms with Gasteiger partial charge in [-0.1, -0.05) is 0 Å². The quantitative estimate of drug-likeness (QED) is 0.392. The van der Waals surface area contributed by atoms with Crippen molar-refractivity contribution in [2.45, 2.75) is 18.9 Å². The zero-order valence-corrected chi connectivity index (χ0v) is 19.8. The molecule has 0 radical (unpaired) electrons. The van der Waals surface area contributed by atoms with Gasteiger partial charge >= 0.3 is 0 Å². The molecule has 1 saturated heterocycles. The molecule has 35 heavy (non-hydrogen) atoms. The van der Waals surface area contributed by atoms with E-state index in [1.165, 1.54) is 0 Å². The lowest BCUT2D eigenvalue weighted by molar-refractivity contribution is 0.265. The van der Waals surface area contributed by atoms with Gasteiger partial charge in [-0.05, 0) is 25.0 Å². The van der Waals surface area contributed by atoms with Crippen molar-refractivity contribution in [3.05, 3.63) is 43.0 Å². The first-order valence-electron chi connectivity index (χ1n) is 11.3. The van der Waals surface area contributed by atoms with Gasteiger partial charge in [-0.3, -0.25) is 0 Å². The number of nitrogens with zero attached hydrogens (tertiary/aromatic N) is 6. The van der Waals surface area contributed by atoms with E-state index in [0.29, 0.717) is 40.5 Å². The van der Waals surface area contributed by atoms with E-state index in [1.807, 2.05) is 39.9 Å². The van der Waals surface area contributed by atoms with Crippen LogP contribution in [-0.4, -0.2) is 70.1 Å². The minimum atomic E-state index is 0.00301. The van der Waals surface area contributed by atoms with Crippen LogP contribution < -0.4 is 24.4 Å². The Labute approximate surface area is 202 Å². The molecule has 4 heterocycles. The van der Waals surface area contributed by atoms with Crippen LogP contribution in [0, 0.1) is 0 Å². The van der Waals surface area contributed by atoms with Crippen LogP contribution in [0.15, 0.2) is 43.0 Å². The Hall–Kier alpha value is -4.12. The minimum absolute atomic E-state index is 0.00301. The lowest BCUT2D eigenvalue weighted by Gasteiger charge is -2.23. The third-order valence-corrected chi connectivity index (χ3v) is 6.08. The van der Waals surface area contributed by atoms with E-state index in [9.17, 15) is 5.11 Å². The van der Waals surface area contributed by atoms with E-state index < -0.39 is 0 Å². The third kappa shape index (κ3) is 4.26. The van der Waals surface area contributed by atoms with Crippen molar-refractivity contribution in [3.63, 3.8) is 0 Å². The second kappa shape index (κ2) is 9.63. The molecule has 5 rings (SSSR count). The lowest BCUT2D eigenvalue weighted by atomic mass is 10.2. The summed E-state index contributed by atoms with van der Waals surface area (Å²) in [4.78, 5) is 20.4. The minimum Gasteiger partial charge on any atom is -0.493 e. The Morgan fingerprint density at radius 2 is 1.89 bits per heavy atom. The largest absolute Gasteiger partial charge is 0.493 e. The van der Waals surface area contributed by atoms with E-state index in [4.69, 9.17) is 19.2 Å². The van der Waals surface area contributed by atoms with Gasteiger partial charge in [0.05, 0.1) is 51.2 Å². The number of nitrogens with one attached hydrogen (secondary N) is 1. The molecule has 0 aliphatic carbocycles. The molecule has 11 heteroatoms. The molecule has 11 nitrogen and oxygen atoms in total. The monoisotopic (exact) mass is 477 g/mol. The number of rotatable bonds is 8. The number of methoxy groups -OCH3 is 3. The van der Waals surface area contributed by atoms with Crippen molar-refractivity contribution in [1.82, 2.24) is 24.5 Å². The summed E-state index contributed by atoms with van der Waals surface area (Å²) < 4.78 is 18.2. The van der Waals surface area contributed by atoms with Crippen LogP contribution in [0.25, 0.3) is 16.7 Å². The number of anilines is 3. The van der Waals surface area contributed by atoms with E-state index in [2.05, 4.69) is 20.3 Å². The fraction of sp³-hybridized carbons (Fsp3) is 0.333. The van der Waals surface area contributed by atoms with Crippen LogP contribution in [0.3, 0.4) is 0 Å². The van der Waals surface area contributed by atoms with Crippen molar-refractivity contribution in [1.29, 1.82) is 0 Å². The maximum atomic E-state index is 9.77. The third-order valence-electron chi connectivity index (χ3n) is 6.08. The van der Waals surface area contributed by atoms with Crippen LogP contribution in [0.1, 0.15) is 12.8 Å². The predicted octanol–water partition coefficient (Wildman–Crippen LogP) is 2.94. The first-order chi connectivity index (χ1) is 17.1. The zero-order chi connectivity index (χ0) is 24.4. The molecular weight excluding hydrogens is 450 g/mol. The van der Waals surface area contributed by atoms with Gasteiger partial charge in [-0.25, -0.2) is 9.97 Å². The van der Waals surface area contributed by atoms with Gasteiger partial charge < -0.3 is 34.1 Å². The summed E-state index contributed by atoms with van der Waals surface area (Å²) in [5.74, 6) is 3.34. The van der Waals surface area contributed by atoms with Crippen molar-refractivity contribution in [2.75, 3.05) is 44.7 Å². The number of benzene rings is 1. The second-order valence-corrected chi connectivity index (χ2v) is 8.09. The maximum Gasteiger partial charge on any atom is 0.229 e. The summed E-state index contributed by atoms with van der Waals surface area (Å²) in [6, 6.07) is 7.45. The van der Waals surface area contributed by atoms with Gasteiger partial charge in [0.25, 0.3) is 0 Å². The lowest BCUT2D eigenvalue weighted by Crippen LogP contribution is -2.33. The predicted molar refractivity (Wildman–Crippen MR) is 131 cm³/mol. The van der Waals surface area contributed by atoms with Crippen LogP contribution in [0.2, 0.25) is 0 Å². The van der Waals surface area contributed by atoms with E-state index in [1.54, 1.807) is 33.9 Å². The zero-order valence-electron chi connectivity index (χ0n) is 19.8. The molecule has 1 atom stereocenters. The molecule has 1 fully saturated rings. The van der Waals surface area contributed by atoms with Crippen molar-refractivity contribution in [2.24, 2.45) is 0 Å². The molecule has 1 aliphatic rings. The summed E-state index contributed by atoms with van der Waals surface area (Å²) in [7, 11) is 4.73. The highest BCUT2D eigenvalue weighted by molar-refractivity contribution is 5.89. The molecular formula is C24H27N7O4. The first-order valence-corrected chi connectivity index (χ1v) is 11.3. The number of fused-ring (bicyclic) bond motifs is 1. The molecule has 182 valence electrons. The van der Waals surface area contributed by atoms with Gasteiger partial charge in [-0.2, -0.15) is 9.97 Å². The number of hydrogen-bond acceptors (Lipinski definition) is 10. The summed E-state index contributed by atoms with van der Waals surface area (Å²) in [5.41, 5.74) is 1.37. The molecule has 0 amide bonds. The molecule has 2 N–H and O–H groups in total. The van der Waals surface area contributed by atoms with Gasteiger partial charge in [0.15, 0.2) is 17.1 Å². The fourth-order valence-corrected chi connectivity index (χ4v) is 4.33. The van der Waals surface area contributed by atoms with Crippen LogP contribution in [0.5, 0.6) is 17.2 Å². The molecule has 1 unspecified atom stereocenters. The standard InChI is InChI=1S/C24H27N7O4/c1-33-18-10-16(11-19(34-2)21(18)35-3)30-12-20(26-14-30)27-23-17-7-4-8-25-22(17)28-24(29-23)31-9-5-6-15(31)13-32/h4,7-8,10-12,14-15,32H,5-6,9,13H2,1-3H3,(H,25,27,28,29). The average molecular weight is 478 g/mol. The molecule has 3 aromatic heterocycles. The molecule has 1 aromatic carbocycles. The highest BCUT2D eigenvalue weighted by Gasteiger charge is 2.27. The highest BCUT2D eigenvalue weighted by Crippen LogP contribution is 2.39. The summed E-state index contributed by atoms with van der Waals surface area (Å²) >= 11 is 0. The van der Waals surface area contributed by atoms with Crippen molar-refractivity contribution < 1.29 is 19.3 Å².